The Morgan fingerprint density at radius 1 is 1.09 bits per heavy atom. The summed E-state index contributed by atoms with van der Waals surface area (Å²) in [4.78, 5) is 8.83. The van der Waals surface area contributed by atoms with Gasteiger partial charge in [0.05, 0.1) is 41.7 Å². The van der Waals surface area contributed by atoms with Crippen molar-refractivity contribution in [3.63, 3.8) is 0 Å². The van der Waals surface area contributed by atoms with E-state index in [0.717, 1.165) is 29.8 Å². The topological polar surface area (TPSA) is 88.8 Å². The average Bonchev–Trinajstić information content (AvgIpc) is 3.26. The predicted octanol–water partition coefficient (Wildman–Crippen LogP) is 4.93. The molecule has 0 amide bonds. The fourth-order valence-electron chi connectivity index (χ4n) is 3.81. The largest absolute Gasteiger partial charge is 0.390 e. The molecule has 1 atom stereocenters. The van der Waals surface area contributed by atoms with Crippen LogP contribution in [0.15, 0.2) is 55.0 Å². The molecular formula is C25H27FN6O. The van der Waals surface area contributed by atoms with Crippen LogP contribution in [-0.4, -0.2) is 29.8 Å². The third-order valence-electron chi connectivity index (χ3n) is 5.51. The molecule has 4 aromatic rings. The fourth-order valence-corrected chi connectivity index (χ4v) is 3.81. The van der Waals surface area contributed by atoms with E-state index in [1.54, 1.807) is 18.5 Å². The fraction of sp³-hybridized carbons (Fsp3) is 0.280. The molecule has 0 fully saturated rings. The number of halogens is 1. The van der Waals surface area contributed by atoms with Crippen molar-refractivity contribution in [2.75, 3.05) is 5.32 Å². The van der Waals surface area contributed by atoms with E-state index in [4.69, 9.17) is 0 Å². The van der Waals surface area contributed by atoms with E-state index in [1.165, 1.54) is 6.07 Å². The van der Waals surface area contributed by atoms with Gasteiger partial charge in [0.1, 0.15) is 11.5 Å². The van der Waals surface area contributed by atoms with E-state index in [0.29, 0.717) is 28.5 Å². The normalized spacial score (nSPS) is 12.0. The van der Waals surface area contributed by atoms with Gasteiger partial charge >= 0.3 is 0 Å². The lowest BCUT2D eigenvalue weighted by molar-refractivity contribution is 0.276. The van der Waals surface area contributed by atoms with Gasteiger partial charge in [0.2, 0.25) is 0 Å². The van der Waals surface area contributed by atoms with Crippen LogP contribution in [-0.2, 0) is 6.61 Å². The summed E-state index contributed by atoms with van der Waals surface area (Å²) in [6, 6.07) is 12.2. The Labute approximate surface area is 192 Å². The van der Waals surface area contributed by atoms with Crippen molar-refractivity contribution in [3.8, 4) is 17.1 Å². The second kappa shape index (κ2) is 9.87. The Kier molecular flexibility index (Phi) is 6.74. The van der Waals surface area contributed by atoms with Gasteiger partial charge in [-0.1, -0.05) is 31.5 Å². The SMILES string of the molecule is CCC[C@H](Nc1nnc(-c2ccc(-n3cnc(C)c3)c(CO)n2)cc1C)c1ccccc1F. The molecule has 33 heavy (non-hydrogen) atoms. The molecule has 170 valence electrons. The third kappa shape index (κ3) is 4.90. The molecule has 0 aliphatic rings. The van der Waals surface area contributed by atoms with Crippen LogP contribution >= 0.6 is 0 Å². The van der Waals surface area contributed by atoms with Crippen molar-refractivity contribution in [1.82, 2.24) is 24.7 Å². The minimum Gasteiger partial charge on any atom is -0.390 e. The van der Waals surface area contributed by atoms with Gasteiger partial charge in [0, 0.05) is 11.8 Å². The highest BCUT2D eigenvalue weighted by Gasteiger charge is 2.17. The van der Waals surface area contributed by atoms with Gasteiger partial charge in [-0.05, 0) is 50.1 Å². The Hall–Kier alpha value is -3.65. The highest BCUT2D eigenvalue weighted by molar-refractivity contribution is 5.60. The number of nitrogens with zero attached hydrogens (tertiary/aromatic N) is 5. The second-order valence-corrected chi connectivity index (χ2v) is 8.01. The molecule has 1 aromatic carbocycles. The van der Waals surface area contributed by atoms with Crippen molar-refractivity contribution >= 4 is 5.82 Å². The van der Waals surface area contributed by atoms with Gasteiger partial charge < -0.3 is 15.0 Å². The van der Waals surface area contributed by atoms with E-state index in [1.807, 2.05) is 48.9 Å². The van der Waals surface area contributed by atoms with Crippen LogP contribution in [0.3, 0.4) is 0 Å². The Morgan fingerprint density at radius 2 is 1.91 bits per heavy atom. The number of anilines is 1. The number of hydrogen-bond donors (Lipinski definition) is 2. The number of aryl methyl sites for hydroxylation is 2. The predicted molar refractivity (Wildman–Crippen MR) is 125 cm³/mol. The van der Waals surface area contributed by atoms with Crippen molar-refractivity contribution in [1.29, 1.82) is 0 Å². The molecule has 0 bridgehead atoms. The standard InChI is InChI=1S/C25H27FN6O/c1-4-7-20(18-8-5-6-9-19(18)26)29-25-16(2)12-22(30-31-25)21-10-11-24(23(14-33)28-21)32-13-17(3)27-15-32/h5-6,8-13,15,20,33H,4,7,14H2,1-3H3,(H,29,31)/t20-/m0/s1. The molecule has 0 spiro atoms. The van der Waals surface area contributed by atoms with Crippen LogP contribution in [0.5, 0.6) is 0 Å². The number of pyridine rings is 1. The molecule has 8 heteroatoms. The maximum atomic E-state index is 14.4. The van der Waals surface area contributed by atoms with Crippen LogP contribution in [0.1, 0.15) is 48.3 Å². The number of aliphatic hydroxyl groups excluding tert-OH is 1. The number of hydrogen-bond acceptors (Lipinski definition) is 6. The van der Waals surface area contributed by atoms with E-state index < -0.39 is 0 Å². The summed E-state index contributed by atoms with van der Waals surface area (Å²) in [6.45, 7) is 5.69. The summed E-state index contributed by atoms with van der Waals surface area (Å²) in [6.07, 6.45) is 5.23. The number of imidazole rings is 1. The zero-order chi connectivity index (χ0) is 23.4. The van der Waals surface area contributed by atoms with Crippen molar-refractivity contribution in [2.45, 2.75) is 46.3 Å². The lowest BCUT2D eigenvalue weighted by atomic mass is 10.0. The molecule has 7 nitrogen and oxygen atoms in total. The van der Waals surface area contributed by atoms with Crippen LogP contribution in [0.4, 0.5) is 10.2 Å². The van der Waals surface area contributed by atoms with Gasteiger partial charge in [-0.3, -0.25) is 0 Å². The third-order valence-corrected chi connectivity index (χ3v) is 5.51. The first kappa shape index (κ1) is 22.5. The first-order chi connectivity index (χ1) is 16.0. The molecule has 0 aliphatic heterocycles. The maximum Gasteiger partial charge on any atom is 0.152 e. The lowest BCUT2D eigenvalue weighted by Crippen LogP contribution is -2.15. The van der Waals surface area contributed by atoms with E-state index in [2.05, 4.69) is 32.4 Å². The lowest BCUT2D eigenvalue weighted by Gasteiger charge is -2.20. The monoisotopic (exact) mass is 446 g/mol. The van der Waals surface area contributed by atoms with Crippen LogP contribution < -0.4 is 5.32 Å². The molecule has 0 aliphatic carbocycles. The molecule has 2 N–H and O–H groups in total. The van der Waals surface area contributed by atoms with E-state index in [9.17, 15) is 9.50 Å². The molecule has 0 saturated carbocycles. The second-order valence-electron chi connectivity index (χ2n) is 8.01. The Balaban J connectivity index is 1.61. The Bertz CT molecular complexity index is 1260. The minimum absolute atomic E-state index is 0.202. The first-order valence-electron chi connectivity index (χ1n) is 11.0. The minimum atomic E-state index is -0.236. The summed E-state index contributed by atoms with van der Waals surface area (Å²) < 4.78 is 16.2. The summed E-state index contributed by atoms with van der Waals surface area (Å²) in [5.41, 5.74) is 4.86. The van der Waals surface area contributed by atoms with Gasteiger partial charge in [0.15, 0.2) is 5.82 Å². The number of benzene rings is 1. The molecule has 0 unspecified atom stereocenters. The summed E-state index contributed by atoms with van der Waals surface area (Å²) in [7, 11) is 0. The zero-order valence-electron chi connectivity index (χ0n) is 19.0. The average molecular weight is 447 g/mol. The van der Waals surface area contributed by atoms with Gasteiger partial charge in [-0.25, -0.2) is 14.4 Å². The van der Waals surface area contributed by atoms with Gasteiger partial charge in [-0.2, -0.15) is 0 Å². The highest BCUT2D eigenvalue weighted by atomic mass is 19.1. The molecule has 4 rings (SSSR count). The summed E-state index contributed by atoms with van der Waals surface area (Å²) >= 11 is 0. The number of aromatic nitrogens is 5. The van der Waals surface area contributed by atoms with Crippen molar-refractivity contribution in [2.24, 2.45) is 0 Å². The summed E-state index contributed by atoms with van der Waals surface area (Å²) in [5.74, 6) is 0.368. The van der Waals surface area contributed by atoms with E-state index in [-0.39, 0.29) is 18.5 Å². The number of aliphatic hydroxyl groups is 1. The first-order valence-corrected chi connectivity index (χ1v) is 11.0. The zero-order valence-corrected chi connectivity index (χ0v) is 19.0. The maximum absolute atomic E-state index is 14.4. The van der Waals surface area contributed by atoms with Crippen LogP contribution in [0, 0.1) is 19.7 Å². The van der Waals surface area contributed by atoms with Crippen LogP contribution in [0.25, 0.3) is 17.1 Å². The van der Waals surface area contributed by atoms with Gasteiger partial charge in [-0.15, -0.1) is 10.2 Å². The van der Waals surface area contributed by atoms with Crippen molar-refractivity contribution in [3.05, 3.63) is 83.3 Å². The quantitative estimate of drug-likeness (QED) is 0.399. The van der Waals surface area contributed by atoms with Crippen molar-refractivity contribution < 1.29 is 9.50 Å². The number of nitrogens with one attached hydrogen (secondary N) is 1. The number of rotatable bonds is 8. The van der Waals surface area contributed by atoms with E-state index >= 15 is 0 Å². The molecule has 0 saturated heterocycles. The highest BCUT2D eigenvalue weighted by Crippen LogP contribution is 2.28. The summed E-state index contributed by atoms with van der Waals surface area (Å²) in [5, 5.41) is 21.9. The smallest absolute Gasteiger partial charge is 0.152 e. The van der Waals surface area contributed by atoms with Gasteiger partial charge in [0.25, 0.3) is 0 Å². The molecular weight excluding hydrogens is 419 g/mol. The molecule has 3 aromatic heterocycles. The Morgan fingerprint density at radius 3 is 2.58 bits per heavy atom. The molecule has 3 heterocycles. The molecule has 0 radical (unpaired) electrons. The van der Waals surface area contributed by atoms with Crippen LogP contribution in [0.2, 0.25) is 0 Å².